The largest absolute Gasteiger partial charge is 0.492 e. The van der Waals surface area contributed by atoms with Crippen molar-refractivity contribution < 1.29 is 17.9 Å². The third-order valence-corrected chi connectivity index (χ3v) is 4.46. The molecule has 1 aliphatic heterocycles. The number of ether oxygens (including phenoxy) is 1. The van der Waals surface area contributed by atoms with Crippen LogP contribution in [0.2, 0.25) is 0 Å². The number of hydrogen-bond donors (Lipinski definition) is 0. The van der Waals surface area contributed by atoms with Crippen LogP contribution < -0.4 is 4.74 Å². The Balaban J connectivity index is 2.20. The summed E-state index contributed by atoms with van der Waals surface area (Å²) in [5.74, 6) is 0.309. The summed E-state index contributed by atoms with van der Waals surface area (Å²) >= 11 is 0. The Hall–Kier alpha value is -1.23. The summed E-state index contributed by atoms with van der Waals surface area (Å²) in [5.41, 5.74) is -0.364. The van der Waals surface area contributed by atoms with Crippen LogP contribution in [0, 0.1) is 0 Å². The Morgan fingerprint density at radius 3 is 2.30 bits per heavy atom. The van der Waals surface area contributed by atoms with Crippen LogP contribution in [-0.2, 0) is 11.6 Å². The number of rotatable bonds is 3. The predicted molar refractivity (Wildman–Crippen MR) is 85.9 cm³/mol. The van der Waals surface area contributed by atoms with Gasteiger partial charge in [-0.25, -0.2) is 0 Å². The van der Waals surface area contributed by atoms with Crippen LogP contribution in [0.3, 0.4) is 0 Å². The zero-order valence-corrected chi connectivity index (χ0v) is 14.3. The molecule has 1 saturated heterocycles. The van der Waals surface area contributed by atoms with Crippen molar-refractivity contribution in [2.45, 2.75) is 57.7 Å². The van der Waals surface area contributed by atoms with Gasteiger partial charge in [0.25, 0.3) is 0 Å². The van der Waals surface area contributed by atoms with E-state index in [0.717, 1.165) is 25.5 Å². The third-order valence-electron chi connectivity index (χ3n) is 4.46. The molecule has 1 heterocycles. The van der Waals surface area contributed by atoms with Gasteiger partial charge < -0.3 is 9.64 Å². The molecule has 0 aliphatic carbocycles. The molecule has 1 aromatic rings. The average molecular weight is 329 g/mol. The first-order valence-corrected chi connectivity index (χ1v) is 8.13. The number of piperidine rings is 1. The number of likely N-dealkylation sites (N-methyl/N-ethyl adjacent to an activating group) is 1. The smallest absolute Gasteiger partial charge is 0.416 e. The van der Waals surface area contributed by atoms with E-state index in [1.807, 2.05) is 27.8 Å². The highest BCUT2D eigenvalue weighted by Gasteiger charge is 2.32. The Kier molecular flexibility index (Phi) is 5.29. The van der Waals surface area contributed by atoms with Crippen LogP contribution in [0.1, 0.15) is 51.2 Å². The molecule has 2 nitrogen and oxygen atoms in total. The number of alkyl halides is 3. The van der Waals surface area contributed by atoms with Crippen molar-refractivity contribution >= 4 is 0 Å². The van der Waals surface area contributed by atoms with Crippen molar-refractivity contribution in [3.05, 3.63) is 29.3 Å². The van der Waals surface area contributed by atoms with Crippen molar-refractivity contribution in [2.24, 2.45) is 0 Å². The number of benzene rings is 1. The highest BCUT2D eigenvalue weighted by Crippen LogP contribution is 2.36. The molecule has 0 radical (unpaired) electrons. The summed E-state index contributed by atoms with van der Waals surface area (Å²) in [5, 5.41) is 0. The van der Waals surface area contributed by atoms with Gasteiger partial charge in [0.2, 0.25) is 0 Å². The van der Waals surface area contributed by atoms with E-state index in [1.54, 1.807) is 6.07 Å². The van der Waals surface area contributed by atoms with E-state index >= 15 is 0 Å². The molecule has 0 spiro atoms. The summed E-state index contributed by atoms with van der Waals surface area (Å²) in [4.78, 5) is 2.22. The normalized spacial score (nSPS) is 20.6. The molecule has 2 rings (SSSR count). The SMILES string of the molecule is CN1CCCCC1COc1cc(C(C)(C)C)cc(C(F)(F)F)c1. The lowest BCUT2D eigenvalue weighted by atomic mass is 9.86. The molecule has 1 fully saturated rings. The molecule has 0 saturated carbocycles. The second-order valence-corrected chi connectivity index (χ2v) is 7.44. The van der Waals surface area contributed by atoms with Gasteiger partial charge in [0, 0.05) is 6.04 Å². The summed E-state index contributed by atoms with van der Waals surface area (Å²) in [6.07, 6.45) is -1.01. The van der Waals surface area contributed by atoms with Crippen molar-refractivity contribution in [1.29, 1.82) is 0 Å². The molecule has 130 valence electrons. The lowest BCUT2D eigenvalue weighted by Gasteiger charge is -2.32. The zero-order valence-electron chi connectivity index (χ0n) is 14.3. The summed E-state index contributed by atoms with van der Waals surface area (Å²) in [7, 11) is 2.04. The van der Waals surface area contributed by atoms with E-state index in [1.165, 1.54) is 12.5 Å². The van der Waals surface area contributed by atoms with Gasteiger partial charge in [-0.3, -0.25) is 0 Å². The lowest BCUT2D eigenvalue weighted by molar-refractivity contribution is -0.137. The molecule has 1 unspecified atom stereocenters. The van der Waals surface area contributed by atoms with E-state index in [9.17, 15) is 13.2 Å². The van der Waals surface area contributed by atoms with Gasteiger partial charge in [0.1, 0.15) is 12.4 Å². The van der Waals surface area contributed by atoms with Crippen molar-refractivity contribution in [3.63, 3.8) is 0 Å². The van der Waals surface area contributed by atoms with Crippen LogP contribution >= 0.6 is 0 Å². The molecule has 1 aliphatic rings. The molecule has 0 N–H and O–H groups in total. The molecule has 0 bridgehead atoms. The molecule has 23 heavy (non-hydrogen) atoms. The summed E-state index contributed by atoms with van der Waals surface area (Å²) < 4.78 is 45.1. The van der Waals surface area contributed by atoms with Crippen molar-refractivity contribution in [1.82, 2.24) is 4.90 Å². The minimum absolute atomic E-state index is 0.274. The van der Waals surface area contributed by atoms with Gasteiger partial charge in [-0.05, 0) is 55.6 Å². The Bertz CT molecular complexity index is 502. The molecule has 0 amide bonds. The first kappa shape index (κ1) is 18.1. The average Bonchev–Trinajstić information content (AvgIpc) is 2.44. The Labute approximate surface area is 136 Å². The van der Waals surface area contributed by atoms with Crippen molar-refractivity contribution in [3.8, 4) is 5.75 Å². The number of halogens is 3. The maximum atomic E-state index is 13.1. The monoisotopic (exact) mass is 329 g/mol. The fourth-order valence-corrected chi connectivity index (χ4v) is 2.83. The summed E-state index contributed by atoms with van der Waals surface area (Å²) in [6, 6.07) is 4.34. The van der Waals surface area contributed by atoms with Gasteiger partial charge in [-0.15, -0.1) is 0 Å². The summed E-state index contributed by atoms with van der Waals surface area (Å²) in [6.45, 7) is 7.16. The third kappa shape index (κ3) is 4.87. The van der Waals surface area contributed by atoms with E-state index in [4.69, 9.17) is 4.74 Å². The second kappa shape index (κ2) is 6.71. The Morgan fingerprint density at radius 2 is 1.74 bits per heavy atom. The van der Waals surface area contributed by atoms with Crippen LogP contribution in [0.4, 0.5) is 13.2 Å². The van der Waals surface area contributed by atoms with Gasteiger partial charge >= 0.3 is 6.18 Å². The zero-order chi connectivity index (χ0) is 17.3. The molecular formula is C18H26F3NO. The van der Waals surface area contributed by atoms with Gasteiger partial charge in [-0.1, -0.05) is 27.2 Å². The van der Waals surface area contributed by atoms with Crippen LogP contribution in [0.25, 0.3) is 0 Å². The lowest BCUT2D eigenvalue weighted by Crippen LogP contribution is -2.40. The maximum Gasteiger partial charge on any atom is 0.416 e. The fourth-order valence-electron chi connectivity index (χ4n) is 2.83. The molecule has 1 atom stereocenters. The Morgan fingerprint density at radius 1 is 1.09 bits per heavy atom. The van der Waals surface area contributed by atoms with Crippen LogP contribution in [0.5, 0.6) is 5.75 Å². The molecule has 5 heteroatoms. The highest BCUT2D eigenvalue weighted by atomic mass is 19.4. The second-order valence-electron chi connectivity index (χ2n) is 7.44. The van der Waals surface area contributed by atoms with Crippen LogP contribution in [0.15, 0.2) is 18.2 Å². The van der Waals surface area contributed by atoms with Crippen molar-refractivity contribution in [2.75, 3.05) is 20.2 Å². The molecule has 1 aromatic carbocycles. The number of nitrogens with zero attached hydrogens (tertiary/aromatic N) is 1. The first-order chi connectivity index (χ1) is 10.6. The van der Waals surface area contributed by atoms with Gasteiger partial charge in [0.15, 0.2) is 0 Å². The van der Waals surface area contributed by atoms with Gasteiger partial charge in [-0.2, -0.15) is 13.2 Å². The quantitative estimate of drug-likeness (QED) is 0.785. The van der Waals surface area contributed by atoms with Gasteiger partial charge in [0.05, 0.1) is 5.56 Å². The van der Waals surface area contributed by atoms with E-state index in [0.29, 0.717) is 17.9 Å². The highest BCUT2D eigenvalue weighted by molar-refractivity contribution is 5.39. The topological polar surface area (TPSA) is 12.5 Å². The standard InChI is InChI=1S/C18H26F3NO/c1-17(2,3)13-9-14(18(19,20)21)11-16(10-13)23-12-15-7-5-6-8-22(15)4/h9-11,15H,5-8,12H2,1-4H3. The minimum atomic E-state index is -4.36. The maximum absolute atomic E-state index is 13.1. The van der Waals surface area contributed by atoms with Crippen LogP contribution in [-0.4, -0.2) is 31.1 Å². The minimum Gasteiger partial charge on any atom is -0.492 e. The van der Waals surface area contributed by atoms with E-state index in [-0.39, 0.29) is 11.5 Å². The number of hydrogen-bond acceptors (Lipinski definition) is 2. The molecular weight excluding hydrogens is 303 g/mol. The fraction of sp³-hybridized carbons (Fsp3) is 0.667. The van der Waals surface area contributed by atoms with E-state index < -0.39 is 11.7 Å². The number of likely N-dealkylation sites (tertiary alicyclic amines) is 1. The first-order valence-electron chi connectivity index (χ1n) is 8.13. The predicted octanol–water partition coefficient (Wildman–Crippen LogP) is 4.87. The van der Waals surface area contributed by atoms with E-state index in [2.05, 4.69) is 4.90 Å². The molecule has 0 aromatic heterocycles.